The van der Waals surface area contributed by atoms with Crippen LogP contribution in [0.4, 0.5) is 13.2 Å². The lowest BCUT2D eigenvalue weighted by molar-refractivity contribution is -0.274. The summed E-state index contributed by atoms with van der Waals surface area (Å²) in [6.07, 6.45) is -4.20. The molecule has 0 saturated carbocycles. The van der Waals surface area contributed by atoms with Gasteiger partial charge in [0.05, 0.1) is 6.04 Å². The van der Waals surface area contributed by atoms with Gasteiger partial charge in [-0.15, -0.1) is 13.2 Å². The molecule has 0 bridgehead atoms. The topological polar surface area (TPSA) is 64.4 Å². The maximum Gasteiger partial charge on any atom is 0.573 e. The smallest absolute Gasteiger partial charge is 0.406 e. The number of carbonyl (C=O) groups excluding carboxylic acids is 1. The number of alkyl halides is 3. The molecule has 1 rings (SSSR count). The molecular formula is C15H21F3N2O2. The SMILES string of the molecule is CC(C)(C)[C@H](N)C(=O)NCCc1ccc(OC(F)(F)F)cc1. The normalized spacial score (nSPS) is 13.6. The van der Waals surface area contributed by atoms with Crippen molar-refractivity contribution in [1.82, 2.24) is 5.32 Å². The van der Waals surface area contributed by atoms with Gasteiger partial charge in [-0.1, -0.05) is 32.9 Å². The maximum atomic E-state index is 12.0. The van der Waals surface area contributed by atoms with Crippen molar-refractivity contribution >= 4 is 5.91 Å². The summed E-state index contributed by atoms with van der Waals surface area (Å²) in [4.78, 5) is 11.8. The molecule has 0 heterocycles. The van der Waals surface area contributed by atoms with Crippen LogP contribution in [-0.4, -0.2) is 24.9 Å². The Morgan fingerprint density at radius 2 is 1.77 bits per heavy atom. The second-order valence-corrected chi connectivity index (χ2v) is 6.08. The Kier molecular flexibility index (Phi) is 5.82. The van der Waals surface area contributed by atoms with E-state index in [0.717, 1.165) is 5.56 Å². The van der Waals surface area contributed by atoms with Gasteiger partial charge in [0.15, 0.2) is 0 Å². The Bertz CT molecular complexity index is 493. The molecule has 1 aromatic rings. The van der Waals surface area contributed by atoms with Crippen LogP contribution in [0, 0.1) is 5.41 Å². The maximum absolute atomic E-state index is 12.0. The first-order valence-corrected chi connectivity index (χ1v) is 6.87. The van der Waals surface area contributed by atoms with E-state index in [1.165, 1.54) is 24.3 Å². The number of amides is 1. The van der Waals surface area contributed by atoms with Crippen molar-refractivity contribution in [3.05, 3.63) is 29.8 Å². The molecule has 0 aliphatic heterocycles. The van der Waals surface area contributed by atoms with Crippen molar-refractivity contribution in [1.29, 1.82) is 0 Å². The first-order valence-electron chi connectivity index (χ1n) is 6.87. The van der Waals surface area contributed by atoms with Crippen LogP contribution in [0.1, 0.15) is 26.3 Å². The minimum Gasteiger partial charge on any atom is -0.406 e. The summed E-state index contributed by atoms with van der Waals surface area (Å²) in [5.74, 6) is -0.514. The molecule has 0 radical (unpaired) electrons. The highest BCUT2D eigenvalue weighted by Crippen LogP contribution is 2.22. The van der Waals surface area contributed by atoms with Gasteiger partial charge in [-0.3, -0.25) is 4.79 Å². The second kappa shape index (κ2) is 7.00. The van der Waals surface area contributed by atoms with Gasteiger partial charge >= 0.3 is 6.36 Å². The van der Waals surface area contributed by atoms with Crippen LogP contribution in [0.25, 0.3) is 0 Å². The zero-order valence-electron chi connectivity index (χ0n) is 12.8. The summed E-state index contributed by atoms with van der Waals surface area (Å²) in [7, 11) is 0. The molecule has 22 heavy (non-hydrogen) atoms. The summed E-state index contributed by atoms with van der Waals surface area (Å²) < 4.78 is 39.9. The van der Waals surface area contributed by atoms with Crippen molar-refractivity contribution in [2.75, 3.05) is 6.54 Å². The Balaban J connectivity index is 2.44. The summed E-state index contributed by atoms with van der Waals surface area (Å²) in [6, 6.07) is 4.92. The molecule has 1 atom stereocenters. The largest absolute Gasteiger partial charge is 0.573 e. The van der Waals surface area contributed by atoms with Gasteiger partial charge in [-0.05, 0) is 29.5 Å². The minimum absolute atomic E-state index is 0.246. The Labute approximate surface area is 127 Å². The summed E-state index contributed by atoms with van der Waals surface area (Å²) in [6.45, 7) is 5.98. The van der Waals surface area contributed by atoms with Gasteiger partial charge in [-0.25, -0.2) is 0 Å². The third-order valence-electron chi connectivity index (χ3n) is 3.09. The third-order valence-corrected chi connectivity index (χ3v) is 3.09. The van der Waals surface area contributed by atoms with Gasteiger partial charge in [0.2, 0.25) is 5.91 Å². The first-order chi connectivity index (χ1) is 9.99. The number of benzene rings is 1. The summed E-state index contributed by atoms with van der Waals surface area (Å²) >= 11 is 0. The Hall–Kier alpha value is -1.76. The number of nitrogens with one attached hydrogen (secondary N) is 1. The molecule has 0 aliphatic rings. The highest BCUT2D eigenvalue weighted by atomic mass is 19.4. The predicted molar refractivity (Wildman–Crippen MR) is 77.3 cm³/mol. The lowest BCUT2D eigenvalue weighted by Gasteiger charge is -2.25. The van der Waals surface area contributed by atoms with E-state index in [9.17, 15) is 18.0 Å². The van der Waals surface area contributed by atoms with Gasteiger partial charge in [0, 0.05) is 6.54 Å². The molecule has 1 aromatic carbocycles. The number of nitrogens with two attached hydrogens (primary N) is 1. The highest BCUT2D eigenvalue weighted by Gasteiger charge is 2.31. The van der Waals surface area contributed by atoms with E-state index in [-0.39, 0.29) is 17.1 Å². The molecule has 7 heteroatoms. The van der Waals surface area contributed by atoms with Crippen LogP contribution in [0.2, 0.25) is 0 Å². The quantitative estimate of drug-likeness (QED) is 0.877. The van der Waals surface area contributed by atoms with Crippen LogP contribution in [0.5, 0.6) is 5.75 Å². The molecule has 0 fully saturated rings. The number of rotatable bonds is 5. The zero-order valence-corrected chi connectivity index (χ0v) is 12.8. The molecule has 3 N–H and O–H groups in total. The molecule has 4 nitrogen and oxygen atoms in total. The molecule has 1 amide bonds. The van der Waals surface area contributed by atoms with E-state index in [4.69, 9.17) is 5.73 Å². The van der Waals surface area contributed by atoms with E-state index in [1.54, 1.807) is 0 Å². The molecular weight excluding hydrogens is 297 g/mol. The van der Waals surface area contributed by atoms with Gasteiger partial charge in [0.25, 0.3) is 0 Å². The fourth-order valence-corrected chi connectivity index (χ4v) is 1.69. The van der Waals surface area contributed by atoms with E-state index >= 15 is 0 Å². The molecule has 0 spiro atoms. The Morgan fingerprint density at radius 1 is 1.23 bits per heavy atom. The van der Waals surface area contributed by atoms with Crippen LogP contribution >= 0.6 is 0 Å². The number of hydrogen-bond acceptors (Lipinski definition) is 3. The van der Waals surface area contributed by atoms with E-state index in [2.05, 4.69) is 10.1 Å². The van der Waals surface area contributed by atoms with Crippen molar-refractivity contribution in [2.45, 2.75) is 39.6 Å². The van der Waals surface area contributed by atoms with Crippen LogP contribution in [0.15, 0.2) is 24.3 Å². The summed E-state index contributed by atoms with van der Waals surface area (Å²) in [5.41, 5.74) is 6.28. The van der Waals surface area contributed by atoms with Crippen molar-refractivity contribution in [2.24, 2.45) is 11.1 Å². The minimum atomic E-state index is -4.70. The number of carbonyl (C=O) groups is 1. The van der Waals surface area contributed by atoms with Crippen molar-refractivity contribution in [3.63, 3.8) is 0 Å². The van der Waals surface area contributed by atoms with Crippen molar-refractivity contribution < 1.29 is 22.7 Å². The van der Waals surface area contributed by atoms with Crippen molar-refractivity contribution in [3.8, 4) is 5.75 Å². The lowest BCUT2D eigenvalue weighted by atomic mass is 9.87. The zero-order chi connectivity index (χ0) is 17.0. The van der Waals surface area contributed by atoms with E-state index in [1.807, 2.05) is 20.8 Å². The third kappa shape index (κ3) is 6.34. The molecule has 124 valence electrons. The molecule has 0 unspecified atom stereocenters. The average molecular weight is 318 g/mol. The number of ether oxygens (including phenoxy) is 1. The first kappa shape index (κ1) is 18.3. The van der Waals surface area contributed by atoms with Gasteiger partial charge in [0.1, 0.15) is 5.75 Å². The highest BCUT2D eigenvalue weighted by molar-refractivity contribution is 5.82. The number of hydrogen-bond donors (Lipinski definition) is 2. The monoisotopic (exact) mass is 318 g/mol. The van der Waals surface area contributed by atoms with Gasteiger partial charge < -0.3 is 15.8 Å². The average Bonchev–Trinajstić information content (AvgIpc) is 2.37. The van der Waals surface area contributed by atoms with Crippen LogP contribution in [0.3, 0.4) is 0 Å². The van der Waals surface area contributed by atoms with E-state index in [0.29, 0.717) is 13.0 Å². The van der Waals surface area contributed by atoms with Gasteiger partial charge in [-0.2, -0.15) is 0 Å². The fraction of sp³-hybridized carbons (Fsp3) is 0.533. The molecule has 0 aromatic heterocycles. The predicted octanol–water partition coefficient (Wildman–Crippen LogP) is 2.62. The second-order valence-electron chi connectivity index (χ2n) is 6.08. The summed E-state index contributed by atoms with van der Waals surface area (Å²) in [5, 5.41) is 2.72. The standard InChI is InChI=1S/C15H21F3N2O2/c1-14(2,3)12(19)13(21)20-9-8-10-4-6-11(7-5-10)22-15(16,17)18/h4-7,12H,8-9,19H2,1-3H3,(H,20,21)/t12-/m1/s1. The lowest BCUT2D eigenvalue weighted by Crippen LogP contribution is -2.48. The Morgan fingerprint density at radius 3 is 2.23 bits per heavy atom. The van der Waals surface area contributed by atoms with E-state index < -0.39 is 12.4 Å². The fourth-order valence-electron chi connectivity index (χ4n) is 1.69. The number of halogens is 3. The molecule has 0 saturated heterocycles. The van der Waals surface area contributed by atoms with Crippen LogP contribution in [-0.2, 0) is 11.2 Å². The molecule has 0 aliphatic carbocycles. The van der Waals surface area contributed by atoms with Crippen LogP contribution < -0.4 is 15.8 Å².